The molecule has 0 amide bonds. The number of rotatable bonds is 3. The summed E-state index contributed by atoms with van der Waals surface area (Å²) in [7, 11) is -1.84. The summed E-state index contributed by atoms with van der Waals surface area (Å²) < 4.78 is 6.51. The molecule has 1 rings (SSSR count). The maximum absolute atomic E-state index is 11.9. The highest BCUT2D eigenvalue weighted by molar-refractivity contribution is 6.74. The number of carbonyl (C=O) groups is 1. The first-order valence-corrected chi connectivity index (χ1v) is 10.2. The molecule has 0 aromatic heterocycles. The number of aliphatic hydroxyl groups is 1. The molecule has 0 radical (unpaired) electrons. The molecule has 112 valence electrons. The molecule has 0 heterocycles. The normalized spacial score (nSPS) is 28.5. The number of carbonyl (C=O) groups excluding carboxylic acids is 1. The van der Waals surface area contributed by atoms with Gasteiger partial charge < -0.3 is 9.53 Å². The van der Waals surface area contributed by atoms with Gasteiger partial charge >= 0.3 is 0 Å². The van der Waals surface area contributed by atoms with E-state index in [9.17, 15) is 9.90 Å². The number of hydrogen-bond acceptors (Lipinski definition) is 3. The van der Waals surface area contributed by atoms with Gasteiger partial charge in [-0.05, 0) is 24.6 Å². The lowest BCUT2D eigenvalue weighted by atomic mass is 9.66. The molecule has 0 bridgehead atoms. The lowest BCUT2D eigenvalue weighted by molar-refractivity contribution is -0.138. The number of Topliss-reactive ketones (excluding diaryl/α,β-unsaturated/α-hetero) is 1. The molecule has 0 unspecified atom stereocenters. The molecule has 1 fully saturated rings. The highest BCUT2D eigenvalue weighted by atomic mass is 28.4. The van der Waals surface area contributed by atoms with Gasteiger partial charge in [-0.25, -0.2) is 0 Å². The Morgan fingerprint density at radius 2 is 1.89 bits per heavy atom. The molecule has 4 heteroatoms. The van der Waals surface area contributed by atoms with Gasteiger partial charge in [-0.2, -0.15) is 0 Å². The number of ketones is 1. The first-order chi connectivity index (χ1) is 8.43. The van der Waals surface area contributed by atoms with E-state index in [-0.39, 0.29) is 34.9 Å². The Bertz CT molecular complexity index is 342. The topological polar surface area (TPSA) is 46.5 Å². The number of hydrogen-bond donors (Lipinski definition) is 1. The molecule has 1 aliphatic carbocycles. The van der Waals surface area contributed by atoms with Crippen LogP contribution in [0.4, 0.5) is 0 Å². The van der Waals surface area contributed by atoms with Crippen molar-refractivity contribution in [2.45, 2.75) is 71.7 Å². The summed E-state index contributed by atoms with van der Waals surface area (Å²) in [5, 5.41) is 9.67. The third kappa shape index (κ3) is 3.28. The van der Waals surface area contributed by atoms with E-state index in [0.29, 0.717) is 6.42 Å². The van der Waals surface area contributed by atoms with Crippen molar-refractivity contribution in [1.29, 1.82) is 0 Å². The molecule has 0 aliphatic heterocycles. The van der Waals surface area contributed by atoms with Gasteiger partial charge in [-0.1, -0.05) is 34.6 Å². The summed E-state index contributed by atoms with van der Waals surface area (Å²) in [6.45, 7) is 15.2. The number of aliphatic hydroxyl groups excluding tert-OH is 1. The minimum atomic E-state index is -1.84. The predicted octanol–water partition coefficient (Wildman–Crippen LogP) is 3.37. The lowest BCUT2D eigenvalue weighted by Gasteiger charge is -2.48. The summed E-state index contributed by atoms with van der Waals surface area (Å²) in [5.74, 6) is -0.0985. The van der Waals surface area contributed by atoms with Crippen molar-refractivity contribution in [3.05, 3.63) is 0 Å². The summed E-state index contributed by atoms with van der Waals surface area (Å²) in [6.07, 6.45) is 1.39. The van der Waals surface area contributed by atoms with Crippen molar-refractivity contribution < 1.29 is 14.3 Å². The zero-order valence-corrected chi connectivity index (χ0v) is 14.5. The zero-order valence-electron chi connectivity index (χ0n) is 13.5. The van der Waals surface area contributed by atoms with Crippen LogP contribution >= 0.6 is 0 Å². The van der Waals surface area contributed by atoms with Gasteiger partial charge in [0.2, 0.25) is 0 Å². The van der Waals surface area contributed by atoms with E-state index >= 15 is 0 Å². The van der Waals surface area contributed by atoms with Crippen LogP contribution in [-0.2, 0) is 9.22 Å². The monoisotopic (exact) mass is 286 g/mol. The molecule has 1 saturated carbocycles. The van der Waals surface area contributed by atoms with Crippen LogP contribution in [0.1, 0.15) is 47.5 Å². The van der Waals surface area contributed by atoms with Crippen LogP contribution in [0.5, 0.6) is 0 Å². The molecule has 0 aromatic rings. The van der Waals surface area contributed by atoms with Gasteiger partial charge in [-0.15, -0.1) is 0 Å². The van der Waals surface area contributed by atoms with Gasteiger partial charge in [0.15, 0.2) is 8.32 Å². The summed E-state index contributed by atoms with van der Waals surface area (Å²) >= 11 is 0. The Balaban J connectivity index is 2.93. The molecular weight excluding hydrogens is 256 g/mol. The fourth-order valence-electron chi connectivity index (χ4n) is 2.54. The average Bonchev–Trinajstić information content (AvgIpc) is 2.21. The fraction of sp³-hybridized carbons (Fsp3) is 0.933. The molecule has 0 aromatic carbocycles. The van der Waals surface area contributed by atoms with Gasteiger partial charge in [0.25, 0.3) is 0 Å². The standard InChI is InChI=1S/C15H30O3Si/c1-14(2,3)19(6,7)18-13-9-8-12(17)11(10-16)15(13,4)5/h11,13,16H,8-10H2,1-7H3/t11-,13+/m0/s1. The van der Waals surface area contributed by atoms with Crippen LogP contribution in [-0.4, -0.2) is 31.9 Å². The van der Waals surface area contributed by atoms with Crippen LogP contribution < -0.4 is 0 Å². The quantitative estimate of drug-likeness (QED) is 0.809. The van der Waals surface area contributed by atoms with Crippen molar-refractivity contribution >= 4 is 14.1 Å². The van der Waals surface area contributed by atoms with Gasteiger partial charge in [0, 0.05) is 17.8 Å². The summed E-state index contributed by atoms with van der Waals surface area (Å²) in [6, 6.07) is 0. The van der Waals surface area contributed by atoms with Gasteiger partial charge in [-0.3, -0.25) is 4.79 Å². The minimum Gasteiger partial charge on any atom is -0.413 e. The third-order valence-corrected chi connectivity index (χ3v) is 9.68. The molecule has 3 nitrogen and oxygen atoms in total. The zero-order chi connectivity index (χ0) is 15.1. The Morgan fingerprint density at radius 1 is 1.37 bits per heavy atom. The molecule has 1 N–H and O–H groups in total. The van der Waals surface area contributed by atoms with Crippen molar-refractivity contribution in [3.63, 3.8) is 0 Å². The highest BCUT2D eigenvalue weighted by Gasteiger charge is 2.49. The molecule has 1 aliphatic rings. The van der Waals surface area contributed by atoms with Crippen LogP contribution in [0, 0.1) is 11.3 Å². The second-order valence-electron chi connectivity index (χ2n) is 7.93. The Labute approximate surface area is 118 Å². The van der Waals surface area contributed by atoms with Gasteiger partial charge in [0.05, 0.1) is 12.7 Å². The Hall–Kier alpha value is -0.193. The summed E-state index contributed by atoms with van der Waals surface area (Å²) in [4.78, 5) is 11.9. The fourth-order valence-corrected chi connectivity index (χ4v) is 4.03. The van der Waals surface area contributed by atoms with E-state index in [4.69, 9.17) is 4.43 Å². The molecule has 19 heavy (non-hydrogen) atoms. The first-order valence-electron chi connectivity index (χ1n) is 7.25. The van der Waals surface area contributed by atoms with Gasteiger partial charge in [0.1, 0.15) is 5.78 Å². The summed E-state index contributed by atoms with van der Waals surface area (Å²) in [5.41, 5.74) is -0.278. The van der Waals surface area contributed by atoms with Crippen LogP contribution in [0.25, 0.3) is 0 Å². The molecule has 2 atom stereocenters. The van der Waals surface area contributed by atoms with Crippen molar-refractivity contribution in [2.24, 2.45) is 11.3 Å². The van der Waals surface area contributed by atoms with E-state index in [0.717, 1.165) is 6.42 Å². The predicted molar refractivity (Wildman–Crippen MR) is 80.7 cm³/mol. The maximum atomic E-state index is 11.9. The second-order valence-corrected chi connectivity index (χ2v) is 12.7. The molecular formula is C15H30O3Si. The lowest BCUT2D eigenvalue weighted by Crippen LogP contribution is -2.54. The van der Waals surface area contributed by atoms with Crippen molar-refractivity contribution in [2.75, 3.05) is 6.61 Å². The highest BCUT2D eigenvalue weighted by Crippen LogP contribution is 2.45. The first kappa shape index (κ1) is 16.9. The van der Waals surface area contributed by atoms with E-state index in [1.54, 1.807) is 0 Å². The Kier molecular flexibility index (Phi) is 4.70. The van der Waals surface area contributed by atoms with Crippen molar-refractivity contribution in [3.8, 4) is 0 Å². The van der Waals surface area contributed by atoms with Crippen LogP contribution in [0.3, 0.4) is 0 Å². The Morgan fingerprint density at radius 3 is 2.32 bits per heavy atom. The largest absolute Gasteiger partial charge is 0.413 e. The van der Waals surface area contributed by atoms with E-state index in [1.807, 2.05) is 0 Å². The molecule has 0 spiro atoms. The van der Waals surface area contributed by atoms with Crippen LogP contribution in [0.2, 0.25) is 18.1 Å². The van der Waals surface area contributed by atoms with Crippen LogP contribution in [0.15, 0.2) is 0 Å². The second kappa shape index (κ2) is 5.30. The smallest absolute Gasteiger partial charge is 0.192 e. The molecule has 0 saturated heterocycles. The van der Waals surface area contributed by atoms with E-state index in [1.165, 1.54) is 0 Å². The van der Waals surface area contributed by atoms with E-state index in [2.05, 4.69) is 47.7 Å². The maximum Gasteiger partial charge on any atom is 0.192 e. The average molecular weight is 286 g/mol. The minimum absolute atomic E-state index is 0.0663. The third-order valence-electron chi connectivity index (χ3n) is 5.20. The van der Waals surface area contributed by atoms with Crippen molar-refractivity contribution in [1.82, 2.24) is 0 Å². The van der Waals surface area contributed by atoms with E-state index < -0.39 is 8.32 Å². The SMILES string of the molecule is CC1(C)[C@H](O[Si](C)(C)C(C)(C)C)CCC(=O)[C@@H]1CO.